The molecule has 0 unspecified atom stereocenters. The van der Waals surface area contributed by atoms with E-state index in [1.807, 2.05) is 35.6 Å². The molecule has 4 heterocycles. The van der Waals surface area contributed by atoms with Gasteiger partial charge in [-0.05, 0) is 59.7 Å². The fraction of sp³-hybridized carbons (Fsp3) is 0. The summed E-state index contributed by atoms with van der Waals surface area (Å²) in [5.74, 6) is 0.677. The van der Waals surface area contributed by atoms with Crippen molar-refractivity contribution in [1.82, 2.24) is 14.5 Å². The molecule has 57 heavy (non-hydrogen) atoms. The number of aromatic nitrogens is 3. The molecule has 0 radical (unpaired) electrons. The number of fused-ring (bicyclic) bond motifs is 9. The molecule has 0 amide bonds. The van der Waals surface area contributed by atoms with Crippen LogP contribution in [0.5, 0.6) is 0 Å². The van der Waals surface area contributed by atoms with Gasteiger partial charge in [-0.3, -0.25) is 0 Å². The Morgan fingerprint density at radius 1 is 0.421 bits per heavy atom. The summed E-state index contributed by atoms with van der Waals surface area (Å²) in [7, 11) is 0. The third-order valence-corrected chi connectivity index (χ3v) is 12.3. The van der Waals surface area contributed by atoms with E-state index in [0.29, 0.717) is 5.82 Å². The standard InChI is InChI=1S/C52H31N3OS/c1-4-15-32(16-5-1)35-27-41(43-31-42(33-17-6-2-7-18-33)53-52(54-43)34-19-8-3-9-20-34)50-38-23-14-25-45(51(38)56-47(50)28-35)55-44-24-12-10-21-36(44)39-30-49-40(29-46(39)55)37-22-11-13-26-48(37)57-49/h1-31H. The number of hydrogen-bond acceptors (Lipinski definition) is 4. The number of benzene rings is 8. The molecule has 8 aromatic carbocycles. The molecule has 12 aromatic rings. The molecule has 266 valence electrons. The van der Waals surface area contributed by atoms with Gasteiger partial charge in [-0.1, -0.05) is 140 Å². The fourth-order valence-electron chi connectivity index (χ4n) is 8.59. The van der Waals surface area contributed by atoms with Gasteiger partial charge < -0.3 is 8.98 Å². The van der Waals surface area contributed by atoms with E-state index < -0.39 is 0 Å². The van der Waals surface area contributed by atoms with Crippen molar-refractivity contribution in [2.75, 3.05) is 0 Å². The predicted molar refractivity (Wildman–Crippen MR) is 238 cm³/mol. The molecular weight excluding hydrogens is 715 g/mol. The minimum Gasteiger partial charge on any atom is -0.454 e. The lowest BCUT2D eigenvalue weighted by molar-refractivity contribution is 0.666. The molecule has 4 nitrogen and oxygen atoms in total. The van der Waals surface area contributed by atoms with Crippen LogP contribution in [0.25, 0.3) is 115 Å². The van der Waals surface area contributed by atoms with Gasteiger partial charge in [0.1, 0.15) is 5.58 Å². The fourth-order valence-corrected chi connectivity index (χ4v) is 9.72. The summed E-state index contributed by atoms with van der Waals surface area (Å²) >= 11 is 1.86. The van der Waals surface area contributed by atoms with Crippen molar-refractivity contribution in [3.8, 4) is 50.7 Å². The summed E-state index contributed by atoms with van der Waals surface area (Å²) < 4.78 is 12.1. The van der Waals surface area contributed by atoms with Gasteiger partial charge in [-0.25, -0.2) is 9.97 Å². The summed E-state index contributed by atoms with van der Waals surface area (Å²) in [6.45, 7) is 0. The molecule has 5 heteroatoms. The highest BCUT2D eigenvalue weighted by Crippen LogP contribution is 2.45. The minimum atomic E-state index is 0.677. The highest BCUT2D eigenvalue weighted by atomic mass is 32.1. The highest BCUT2D eigenvalue weighted by molar-refractivity contribution is 7.25. The number of furan rings is 1. The van der Waals surface area contributed by atoms with Crippen LogP contribution in [0.3, 0.4) is 0 Å². The Bertz CT molecular complexity index is 3450. The molecule has 0 bridgehead atoms. The SMILES string of the molecule is c1ccc(-c2cc(-c3cc(-c4ccccc4)nc(-c4ccccc4)n3)c3c(c2)oc2c(-n4c5ccccc5c5cc6sc7ccccc7c6cc54)cccc23)cc1. The Morgan fingerprint density at radius 3 is 1.89 bits per heavy atom. The second kappa shape index (κ2) is 12.6. The lowest BCUT2D eigenvalue weighted by atomic mass is 9.96. The average Bonchev–Trinajstić information content (AvgIpc) is 3.95. The van der Waals surface area contributed by atoms with Crippen LogP contribution in [0, 0.1) is 0 Å². The van der Waals surface area contributed by atoms with Crippen molar-refractivity contribution < 1.29 is 4.42 Å². The summed E-state index contributed by atoms with van der Waals surface area (Å²) in [6.07, 6.45) is 0. The van der Waals surface area contributed by atoms with Crippen molar-refractivity contribution in [2.45, 2.75) is 0 Å². The lowest BCUT2D eigenvalue weighted by Crippen LogP contribution is -1.96. The summed E-state index contributed by atoms with van der Waals surface area (Å²) in [5, 5.41) is 7.06. The van der Waals surface area contributed by atoms with E-state index in [2.05, 4.69) is 168 Å². The van der Waals surface area contributed by atoms with E-state index in [-0.39, 0.29) is 0 Å². The number of thiophene rings is 1. The van der Waals surface area contributed by atoms with Crippen molar-refractivity contribution in [3.63, 3.8) is 0 Å². The van der Waals surface area contributed by atoms with Crippen LogP contribution >= 0.6 is 11.3 Å². The van der Waals surface area contributed by atoms with Gasteiger partial charge >= 0.3 is 0 Å². The average molecular weight is 746 g/mol. The normalized spacial score (nSPS) is 11.9. The van der Waals surface area contributed by atoms with E-state index >= 15 is 0 Å². The van der Waals surface area contributed by atoms with Gasteiger partial charge in [0.2, 0.25) is 0 Å². The quantitative estimate of drug-likeness (QED) is 0.176. The Hall–Kier alpha value is -7.34. The highest BCUT2D eigenvalue weighted by Gasteiger charge is 2.23. The zero-order valence-corrected chi connectivity index (χ0v) is 31.4. The maximum atomic E-state index is 7.14. The molecule has 0 atom stereocenters. The van der Waals surface area contributed by atoms with Crippen molar-refractivity contribution in [1.29, 1.82) is 0 Å². The van der Waals surface area contributed by atoms with Gasteiger partial charge in [0.25, 0.3) is 0 Å². The van der Waals surface area contributed by atoms with Crippen LogP contribution in [-0.2, 0) is 0 Å². The molecule has 0 aliphatic rings. The molecule has 12 rings (SSSR count). The first-order valence-corrected chi connectivity index (χ1v) is 20.0. The second-order valence-electron chi connectivity index (χ2n) is 14.5. The van der Waals surface area contributed by atoms with Gasteiger partial charge in [0.05, 0.1) is 28.1 Å². The van der Waals surface area contributed by atoms with Crippen LogP contribution < -0.4 is 0 Å². The van der Waals surface area contributed by atoms with Crippen LogP contribution in [-0.4, -0.2) is 14.5 Å². The van der Waals surface area contributed by atoms with E-state index in [0.717, 1.165) is 77.9 Å². The van der Waals surface area contributed by atoms with Gasteiger partial charge in [0, 0.05) is 58.4 Å². The molecule has 0 saturated heterocycles. The number of nitrogens with zero attached hydrogens (tertiary/aromatic N) is 3. The van der Waals surface area contributed by atoms with Gasteiger partial charge in [-0.15, -0.1) is 11.3 Å². The van der Waals surface area contributed by atoms with E-state index in [9.17, 15) is 0 Å². The largest absolute Gasteiger partial charge is 0.454 e. The smallest absolute Gasteiger partial charge is 0.160 e. The molecule has 4 aromatic heterocycles. The topological polar surface area (TPSA) is 43.9 Å². The molecule has 0 aliphatic carbocycles. The van der Waals surface area contributed by atoms with Crippen LogP contribution in [0.1, 0.15) is 0 Å². The number of rotatable bonds is 5. The second-order valence-corrected chi connectivity index (χ2v) is 15.6. The van der Waals surface area contributed by atoms with E-state index in [1.165, 1.54) is 30.9 Å². The molecule has 0 aliphatic heterocycles. The molecule has 0 saturated carbocycles. The maximum Gasteiger partial charge on any atom is 0.160 e. The molecule has 0 spiro atoms. The molecule has 0 N–H and O–H groups in total. The first-order chi connectivity index (χ1) is 28.2. The van der Waals surface area contributed by atoms with Crippen LogP contribution in [0.4, 0.5) is 0 Å². The zero-order valence-electron chi connectivity index (χ0n) is 30.6. The number of para-hydroxylation sites is 2. The summed E-state index contributed by atoms with van der Waals surface area (Å²) in [6, 6.07) is 66.4. The monoisotopic (exact) mass is 745 g/mol. The van der Waals surface area contributed by atoms with Crippen molar-refractivity contribution >= 4 is 75.3 Å². The van der Waals surface area contributed by atoms with Gasteiger partial charge in [0.15, 0.2) is 11.4 Å². The minimum absolute atomic E-state index is 0.677. The third-order valence-electron chi connectivity index (χ3n) is 11.2. The van der Waals surface area contributed by atoms with Gasteiger partial charge in [-0.2, -0.15) is 0 Å². The Labute approximate surface area is 331 Å². The van der Waals surface area contributed by atoms with E-state index in [1.54, 1.807) is 0 Å². The predicted octanol–water partition coefficient (Wildman–Crippen LogP) is 14.5. The first-order valence-electron chi connectivity index (χ1n) is 19.1. The van der Waals surface area contributed by atoms with Crippen molar-refractivity contribution in [2.24, 2.45) is 0 Å². The lowest BCUT2D eigenvalue weighted by Gasteiger charge is -2.12. The molecular formula is C52H31N3OS. The summed E-state index contributed by atoms with van der Waals surface area (Å²) in [5.41, 5.74) is 11.8. The maximum absolute atomic E-state index is 7.14. The van der Waals surface area contributed by atoms with E-state index in [4.69, 9.17) is 14.4 Å². The summed E-state index contributed by atoms with van der Waals surface area (Å²) in [4.78, 5) is 10.4. The van der Waals surface area contributed by atoms with Crippen molar-refractivity contribution in [3.05, 3.63) is 188 Å². The number of hydrogen-bond donors (Lipinski definition) is 0. The molecule has 0 fully saturated rings. The zero-order chi connectivity index (χ0) is 37.5. The van der Waals surface area contributed by atoms with Crippen LogP contribution in [0.2, 0.25) is 0 Å². The third kappa shape index (κ3) is 5.06. The van der Waals surface area contributed by atoms with Crippen LogP contribution in [0.15, 0.2) is 192 Å². The Balaban J connectivity index is 1.17. The Morgan fingerprint density at radius 2 is 1.09 bits per heavy atom. The first kappa shape index (κ1) is 32.0. The Kier molecular flexibility index (Phi) is 7.06.